The van der Waals surface area contributed by atoms with Crippen molar-refractivity contribution in [3.8, 4) is 0 Å². The molecule has 0 aliphatic heterocycles. The van der Waals surface area contributed by atoms with Crippen LogP contribution in [-0.2, 0) is 6.54 Å². The molecule has 1 aliphatic carbocycles. The van der Waals surface area contributed by atoms with Crippen molar-refractivity contribution < 1.29 is 4.52 Å². The molecule has 5 nitrogen and oxygen atoms in total. The van der Waals surface area contributed by atoms with Crippen LogP contribution in [0.3, 0.4) is 0 Å². The molecule has 2 rings (SSSR count). The maximum Gasteiger partial charge on any atom is 0.191 e. The van der Waals surface area contributed by atoms with Gasteiger partial charge in [-0.2, -0.15) is 0 Å². The van der Waals surface area contributed by atoms with E-state index in [1.54, 1.807) is 7.05 Å². The molecule has 0 bridgehead atoms. The summed E-state index contributed by atoms with van der Waals surface area (Å²) >= 11 is 0. The van der Waals surface area contributed by atoms with Crippen LogP contribution in [0.4, 0.5) is 0 Å². The molecular formula is C17H30N4O. The molecule has 2 N–H and O–H groups in total. The minimum atomic E-state index is 0.498. The minimum Gasteiger partial charge on any atom is -0.359 e. The van der Waals surface area contributed by atoms with Crippen LogP contribution >= 0.6 is 0 Å². The highest BCUT2D eigenvalue weighted by molar-refractivity contribution is 5.79. The number of hydrogen-bond donors (Lipinski definition) is 2. The average molecular weight is 306 g/mol. The number of aromatic nitrogens is 1. The van der Waals surface area contributed by atoms with E-state index in [1.807, 2.05) is 0 Å². The lowest BCUT2D eigenvalue weighted by molar-refractivity contribution is 0.368. The second kappa shape index (κ2) is 8.81. The van der Waals surface area contributed by atoms with Crippen LogP contribution in [0.15, 0.2) is 15.6 Å². The number of hydrogen-bond acceptors (Lipinski definition) is 3. The smallest absolute Gasteiger partial charge is 0.191 e. The predicted octanol–water partition coefficient (Wildman–Crippen LogP) is 3.43. The molecule has 0 radical (unpaired) electrons. The summed E-state index contributed by atoms with van der Waals surface area (Å²) in [6, 6.07) is 2.06. The van der Waals surface area contributed by atoms with Crippen LogP contribution < -0.4 is 10.6 Å². The third-order valence-corrected chi connectivity index (χ3v) is 4.41. The van der Waals surface area contributed by atoms with Crippen LogP contribution in [0.25, 0.3) is 0 Å². The number of rotatable bonds is 9. The highest BCUT2D eigenvalue weighted by atomic mass is 16.5. The van der Waals surface area contributed by atoms with Gasteiger partial charge in [0, 0.05) is 25.6 Å². The molecule has 1 aliphatic rings. The average Bonchev–Trinajstić information content (AvgIpc) is 3.25. The van der Waals surface area contributed by atoms with Gasteiger partial charge >= 0.3 is 0 Å². The largest absolute Gasteiger partial charge is 0.359 e. The molecule has 0 spiro atoms. The fraction of sp³-hybridized carbons (Fsp3) is 0.765. The topological polar surface area (TPSA) is 62.5 Å². The lowest BCUT2D eigenvalue weighted by Gasteiger charge is -2.10. The number of nitrogens with zero attached hydrogens (tertiary/aromatic N) is 2. The van der Waals surface area contributed by atoms with E-state index in [0.29, 0.717) is 12.5 Å². The zero-order valence-corrected chi connectivity index (χ0v) is 14.2. The van der Waals surface area contributed by atoms with E-state index in [1.165, 1.54) is 25.7 Å². The first-order valence-corrected chi connectivity index (χ1v) is 8.66. The van der Waals surface area contributed by atoms with Crippen LogP contribution in [-0.4, -0.2) is 24.7 Å². The molecule has 1 saturated carbocycles. The van der Waals surface area contributed by atoms with Gasteiger partial charge in [-0.25, -0.2) is 0 Å². The maximum atomic E-state index is 5.41. The molecule has 0 saturated heterocycles. The Balaban J connectivity index is 1.70. The van der Waals surface area contributed by atoms with Crippen molar-refractivity contribution in [3.05, 3.63) is 17.5 Å². The van der Waals surface area contributed by atoms with E-state index >= 15 is 0 Å². The van der Waals surface area contributed by atoms with Crippen molar-refractivity contribution in [2.75, 3.05) is 13.6 Å². The van der Waals surface area contributed by atoms with Crippen molar-refractivity contribution in [1.29, 1.82) is 0 Å². The second-order valence-corrected chi connectivity index (χ2v) is 6.17. The molecule has 0 aromatic carbocycles. The van der Waals surface area contributed by atoms with E-state index in [2.05, 4.69) is 40.7 Å². The molecule has 124 valence electrons. The van der Waals surface area contributed by atoms with Gasteiger partial charge < -0.3 is 15.2 Å². The van der Waals surface area contributed by atoms with E-state index in [-0.39, 0.29) is 0 Å². The highest BCUT2D eigenvalue weighted by Crippen LogP contribution is 2.33. The summed E-state index contributed by atoms with van der Waals surface area (Å²) in [6.07, 6.45) is 7.60. The summed E-state index contributed by atoms with van der Waals surface area (Å²) in [6.45, 7) is 5.98. The highest BCUT2D eigenvalue weighted by Gasteiger charge is 2.20. The Labute approximate surface area is 133 Å². The van der Waals surface area contributed by atoms with Crippen molar-refractivity contribution >= 4 is 5.96 Å². The van der Waals surface area contributed by atoms with Crippen molar-refractivity contribution in [3.63, 3.8) is 0 Å². The van der Waals surface area contributed by atoms with E-state index < -0.39 is 0 Å². The third kappa shape index (κ3) is 5.35. The third-order valence-electron chi connectivity index (χ3n) is 4.41. The maximum absolute atomic E-state index is 5.41. The SMILES string of the molecule is CCC(CC)c1cc(CNC(=NC)NCCCC2CC2)on1. The Kier molecular flexibility index (Phi) is 6.74. The Morgan fingerprint density at radius 2 is 2.14 bits per heavy atom. The molecule has 0 amide bonds. The molecule has 1 heterocycles. The molecule has 0 atom stereocenters. The first-order chi connectivity index (χ1) is 10.8. The molecule has 22 heavy (non-hydrogen) atoms. The molecular weight excluding hydrogens is 276 g/mol. The first kappa shape index (κ1) is 16.8. The van der Waals surface area contributed by atoms with Gasteiger partial charge in [-0.3, -0.25) is 4.99 Å². The Bertz CT molecular complexity index is 461. The van der Waals surface area contributed by atoms with Gasteiger partial charge in [0.25, 0.3) is 0 Å². The molecule has 1 fully saturated rings. The minimum absolute atomic E-state index is 0.498. The van der Waals surface area contributed by atoms with Crippen molar-refractivity contribution in [2.24, 2.45) is 10.9 Å². The van der Waals surface area contributed by atoms with Gasteiger partial charge in [0.15, 0.2) is 11.7 Å². The van der Waals surface area contributed by atoms with E-state index in [4.69, 9.17) is 4.52 Å². The van der Waals surface area contributed by atoms with Gasteiger partial charge in [-0.05, 0) is 31.6 Å². The number of guanidine groups is 1. The fourth-order valence-electron chi connectivity index (χ4n) is 2.71. The lowest BCUT2D eigenvalue weighted by atomic mass is 9.99. The zero-order valence-electron chi connectivity index (χ0n) is 14.2. The molecule has 1 aromatic heterocycles. The van der Waals surface area contributed by atoms with Gasteiger partial charge in [-0.1, -0.05) is 31.8 Å². The van der Waals surface area contributed by atoms with Crippen LogP contribution in [0.5, 0.6) is 0 Å². The Morgan fingerprint density at radius 3 is 2.77 bits per heavy atom. The van der Waals surface area contributed by atoms with Crippen LogP contribution in [0.2, 0.25) is 0 Å². The monoisotopic (exact) mass is 306 g/mol. The summed E-state index contributed by atoms with van der Waals surface area (Å²) in [5.41, 5.74) is 1.06. The summed E-state index contributed by atoms with van der Waals surface area (Å²) in [5.74, 6) is 3.19. The van der Waals surface area contributed by atoms with Gasteiger partial charge in [0.1, 0.15) is 0 Å². The fourth-order valence-corrected chi connectivity index (χ4v) is 2.71. The standard InChI is InChI=1S/C17H30N4O/c1-4-14(5-2)16-11-15(22-21-16)12-20-17(18-3)19-10-6-7-13-8-9-13/h11,13-14H,4-10,12H2,1-3H3,(H2,18,19,20). The second-order valence-electron chi connectivity index (χ2n) is 6.17. The van der Waals surface area contributed by atoms with Gasteiger partial charge in [0.05, 0.1) is 12.2 Å². The molecule has 0 unspecified atom stereocenters. The van der Waals surface area contributed by atoms with Crippen LogP contribution in [0.1, 0.15) is 69.7 Å². The summed E-state index contributed by atoms with van der Waals surface area (Å²) in [5, 5.41) is 10.8. The van der Waals surface area contributed by atoms with E-state index in [9.17, 15) is 0 Å². The van der Waals surface area contributed by atoms with E-state index in [0.717, 1.165) is 42.7 Å². The first-order valence-electron chi connectivity index (χ1n) is 8.66. The molecule has 1 aromatic rings. The summed E-state index contributed by atoms with van der Waals surface area (Å²) in [4.78, 5) is 4.24. The number of nitrogens with one attached hydrogen (secondary N) is 2. The van der Waals surface area contributed by atoms with Crippen LogP contribution in [0, 0.1) is 5.92 Å². The predicted molar refractivity (Wildman–Crippen MR) is 90.0 cm³/mol. The summed E-state index contributed by atoms with van der Waals surface area (Å²) < 4.78 is 5.41. The van der Waals surface area contributed by atoms with Gasteiger partial charge in [-0.15, -0.1) is 0 Å². The Morgan fingerprint density at radius 1 is 1.36 bits per heavy atom. The normalized spacial score (nSPS) is 15.4. The summed E-state index contributed by atoms with van der Waals surface area (Å²) in [7, 11) is 1.80. The van der Waals surface area contributed by atoms with Crippen molar-refractivity contribution in [1.82, 2.24) is 15.8 Å². The Hall–Kier alpha value is -1.52. The lowest BCUT2D eigenvalue weighted by Crippen LogP contribution is -2.37. The number of aliphatic imine (C=N–C) groups is 1. The van der Waals surface area contributed by atoms with Crippen molar-refractivity contribution in [2.45, 2.75) is 64.8 Å². The quantitative estimate of drug-likeness (QED) is 0.417. The molecule has 5 heteroatoms. The van der Waals surface area contributed by atoms with Gasteiger partial charge in [0.2, 0.25) is 0 Å². The zero-order chi connectivity index (χ0) is 15.8.